The average molecular weight is 396 g/mol. The van der Waals surface area contributed by atoms with Crippen LogP contribution >= 0.6 is 0 Å². The third-order valence-electron chi connectivity index (χ3n) is 2.36. The van der Waals surface area contributed by atoms with Crippen molar-refractivity contribution in [2.75, 3.05) is 0 Å². The Balaban J connectivity index is 0. The van der Waals surface area contributed by atoms with Crippen molar-refractivity contribution in [3.63, 3.8) is 0 Å². The van der Waals surface area contributed by atoms with E-state index in [1.807, 2.05) is 0 Å². The first-order valence-electron chi connectivity index (χ1n) is 5.10. The molecule has 0 aromatic rings. The molecule has 0 aromatic heterocycles. The first kappa shape index (κ1) is 25.5. The standard InChI is InChI=1S/C8H8F10O3S.Na/c9-1(2(10)4(12)6(14)15)3(11)5(13)8(17,18)7(16)22(19,20)21;/h1-7H,(H,19,20,21);/q;+1/p-1. The molecule has 0 amide bonds. The van der Waals surface area contributed by atoms with Gasteiger partial charge in [0.05, 0.1) is 0 Å². The zero-order chi connectivity index (χ0) is 18.0. The van der Waals surface area contributed by atoms with Gasteiger partial charge in [-0.2, -0.15) is 8.78 Å². The maximum atomic E-state index is 13.0. The zero-order valence-corrected chi connectivity index (χ0v) is 13.8. The van der Waals surface area contributed by atoms with Crippen molar-refractivity contribution in [1.29, 1.82) is 0 Å². The molecular weight excluding hydrogens is 389 g/mol. The number of hydrogen-bond acceptors (Lipinski definition) is 3. The summed E-state index contributed by atoms with van der Waals surface area (Å²) in [6.07, 6.45) is -25.7. The molecule has 23 heavy (non-hydrogen) atoms. The molecular formula is C8H7F10NaO3S. The molecule has 0 saturated carbocycles. The molecule has 6 atom stereocenters. The van der Waals surface area contributed by atoms with E-state index in [0.717, 1.165) is 0 Å². The van der Waals surface area contributed by atoms with E-state index < -0.39 is 58.8 Å². The smallest absolute Gasteiger partial charge is 0.746 e. The van der Waals surface area contributed by atoms with Gasteiger partial charge in [-0.3, -0.25) is 0 Å². The topological polar surface area (TPSA) is 57.2 Å². The van der Waals surface area contributed by atoms with Crippen molar-refractivity contribution in [2.24, 2.45) is 0 Å². The van der Waals surface area contributed by atoms with Crippen LogP contribution in [-0.4, -0.2) is 61.7 Å². The van der Waals surface area contributed by atoms with E-state index >= 15 is 0 Å². The van der Waals surface area contributed by atoms with Crippen molar-refractivity contribution in [3.05, 3.63) is 0 Å². The van der Waals surface area contributed by atoms with Crippen LogP contribution in [0.1, 0.15) is 0 Å². The third kappa shape index (κ3) is 6.21. The van der Waals surface area contributed by atoms with Gasteiger partial charge in [-0.05, 0) is 0 Å². The fraction of sp³-hybridized carbons (Fsp3) is 1.00. The average Bonchev–Trinajstić information content (AvgIpc) is 2.40. The van der Waals surface area contributed by atoms with Gasteiger partial charge in [-0.25, -0.2) is 43.5 Å². The van der Waals surface area contributed by atoms with Crippen LogP contribution in [0.15, 0.2) is 0 Å². The van der Waals surface area contributed by atoms with Crippen molar-refractivity contribution >= 4 is 10.1 Å². The van der Waals surface area contributed by atoms with E-state index in [1.54, 1.807) is 0 Å². The normalized spacial score (nSPS) is 21.0. The largest absolute Gasteiger partial charge is 1.00 e. The Morgan fingerprint density at radius 3 is 1.39 bits per heavy atom. The van der Waals surface area contributed by atoms with Crippen LogP contribution in [-0.2, 0) is 10.1 Å². The Bertz CT molecular complexity index is 463. The predicted molar refractivity (Wildman–Crippen MR) is 50.0 cm³/mol. The van der Waals surface area contributed by atoms with Crippen LogP contribution in [0, 0.1) is 0 Å². The van der Waals surface area contributed by atoms with Gasteiger partial charge >= 0.3 is 35.5 Å². The molecule has 0 fully saturated rings. The molecule has 0 heterocycles. The molecule has 0 bridgehead atoms. The molecule has 0 radical (unpaired) electrons. The molecule has 0 spiro atoms. The molecule has 0 rings (SSSR count). The van der Waals surface area contributed by atoms with Crippen molar-refractivity contribution < 1.29 is 86.4 Å². The molecule has 0 aliphatic carbocycles. The van der Waals surface area contributed by atoms with Crippen molar-refractivity contribution in [2.45, 2.75) is 48.7 Å². The first-order chi connectivity index (χ1) is 9.65. The molecule has 6 unspecified atom stereocenters. The summed E-state index contributed by atoms with van der Waals surface area (Å²) in [7, 11) is -6.50. The Labute approximate surface area is 145 Å². The van der Waals surface area contributed by atoms with Crippen LogP contribution < -0.4 is 29.6 Å². The van der Waals surface area contributed by atoms with Crippen LogP contribution in [0.2, 0.25) is 0 Å². The van der Waals surface area contributed by atoms with Crippen LogP contribution in [0.4, 0.5) is 43.9 Å². The minimum atomic E-state index is -6.50. The Morgan fingerprint density at radius 2 is 1.09 bits per heavy atom. The summed E-state index contributed by atoms with van der Waals surface area (Å²) in [5, 5.41) is 0. The summed E-state index contributed by atoms with van der Waals surface area (Å²) in [5.41, 5.74) is -4.85. The van der Waals surface area contributed by atoms with Gasteiger partial charge in [-0.15, -0.1) is 0 Å². The number of hydrogen-bond donors (Lipinski definition) is 0. The number of halogens is 10. The van der Waals surface area contributed by atoms with Gasteiger partial charge in [0.1, 0.15) is 10.1 Å². The maximum Gasteiger partial charge on any atom is 1.00 e. The third-order valence-corrected chi connectivity index (χ3v) is 3.18. The van der Waals surface area contributed by atoms with Crippen LogP contribution in [0.25, 0.3) is 0 Å². The van der Waals surface area contributed by atoms with E-state index in [9.17, 15) is 56.9 Å². The summed E-state index contributed by atoms with van der Waals surface area (Å²) in [6, 6.07) is 0. The Kier molecular flexibility index (Phi) is 10.0. The summed E-state index contributed by atoms with van der Waals surface area (Å²) in [5.74, 6) is -5.96. The molecule has 0 aliphatic heterocycles. The summed E-state index contributed by atoms with van der Waals surface area (Å²) >= 11 is 0. The van der Waals surface area contributed by atoms with E-state index in [2.05, 4.69) is 0 Å². The zero-order valence-electron chi connectivity index (χ0n) is 11.0. The summed E-state index contributed by atoms with van der Waals surface area (Å²) in [4.78, 5) is 0. The van der Waals surface area contributed by atoms with Crippen molar-refractivity contribution in [3.8, 4) is 0 Å². The Hall–Kier alpha value is 0.210. The van der Waals surface area contributed by atoms with Gasteiger partial charge in [0, 0.05) is 0 Å². The summed E-state index contributed by atoms with van der Waals surface area (Å²) < 4.78 is 155. The Morgan fingerprint density at radius 1 is 0.739 bits per heavy atom. The number of rotatable bonds is 8. The monoisotopic (exact) mass is 396 g/mol. The molecule has 3 nitrogen and oxygen atoms in total. The molecule has 0 aromatic carbocycles. The maximum absolute atomic E-state index is 13.0. The quantitative estimate of drug-likeness (QED) is 0.314. The van der Waals surface area contributed by atoms with Gasteiger partial charge in [0.25, 0.3) is 11.9 Å². The summed E-state index contributed by atoms with van der Waals surface area (Å²) in [6.45, 7) is 0. The van der Waals surface area contributed by atoms with Gasteiger partial charge in [-0.1, -0.05) is 0 Å². The second kappa shape index (κ2) is 9.06. The second-order valence-corrected chi connectivity index (χ2v) is 5.40. The fourth-order valence-electron chi connectivity index (χ4n) is 1.18. The molecule has 0 aliphatic rings. The molecule has 0 N–H and O–H groups in total. The van der Waals surface area contributed by atoms with Gasteiger partial charge in [0.2, 0.25) is 6.17 Å². The minimum Gasteiger partial charge on any atom is -0.746 e. The molecule has 15 heteroatoms. The molecule has 0 saturated heterocycles. The van der Waals surface area contributed by atoms with Gasteiger partial charge in [0.15, 0.2) is 24.7 Å². The predicted octanol–water partition coefficient (Wildman–Crippen LogP) is -0.578. The van der Waals surface area contributed by atoms with Crippen LogP contribution in [0.3, 0.4) is 0 Å². The minimum absolute atomic E-state index is 0. The fourth-order valence-corrected chi connectivity index (χ4v) is 1.70. The van der Waals surface area contributed by atoms with E-state index in [4.69, 9.17) is 0 Å². The van der Waals surface area contributed by atoms with E-state index in [0.29, 0.717) is 0 Å². The second-order valence-electron chi connectivity index (χ2n) is 4.00. The van der Waals surface area contributed by atoms with E-state index in [-0.39, 0.29) is 29.6 Å². The van der Waals surface area contributed by atoms with Crippen molar-refractivity contribution in [1.82, 2.24) is 0 Å². The van der Waals surface area contributed by atoms with Crippen LogP contribution in [0.5, 0.6) is 0 Å². The van der Waals surface area contributed by atoms with E-state index in [1.165, 1.54) is 0 Å². The first-order valence-corrected chi connectivity index (χ1v) is 6.57. The van der Waals surface area contributed by atoms with Gasteiger partial charge < -0.3 is 4.55 Å². The SMILES string of the molecule is O=S(=O)([O-])C(F)C(F)(F)C(F)C(F)C(F)C(F)C(F)C(F)F.[Na+]. The number of alkyl halides is 10. The molecule has 134 valence electrons.